The van der Waals surface area contributed by atoms with Crippen LogP contribution in [0, 0.1) is 5.41 Å². The Morgan fingerprint density at radius 2 is 2.12 bits per heavy atom. The number of carbonyl (C=O) groups excluding carboxylic acids is 1. The van der Waals surface area contributed by atoms with Crippen LogP contribution in [-0.4, -0.2) is 37.0 Å². The fraction of sp³-hybridized carbons (Fsp3) is 0.769. The second kappa shape index (κ2) is 4.58. The van der Waals surface area contributed by atoms with E-state index in [-0.39, 0.29) is 5.41 Å². The summed E-state index contributed by atoms with van der Waals surface area (Å²) in [5.41, 5.74) is 1.21. The number of amides is 1. The van der Waals surface area contributed by atoms with Crippen LogP contribution >= 0.6 is 0 Å². The van der Waals surface area contributed by atoms with Crippen LogP contribution in [0.1, 0.15) is 33.1 Å². The normalized spacial score (nSPS) is 25.1. The molecule has 0 aromatic carbocycles. The highest BCUT2D eigenvalue weighted by Crippen LogP contribution is 2.31. The average Bonchev–Trinajstić information content (AvgIpc) is 2.29. The predicted molar refractivity (Wildman–Crippen MR) is 65.2 cm³/mol. The van der Waals surface area contributed by atoms with Gasteiger partial charge < -0.3 is 10.2 Å². The summed E-state index contributed by atoms with van der Waals surface area (Å²) in [6.07, 6.45) is 5.22. The number of carbonyl (C=O) groups is 1. The van der Waals surface area contributed by atoms with Crippen LogP contribution in [0.4, 0.5) is 0 Å². The smallest absolute Gasteiger partial charge is 0.228 e. The van der Waals surface area contributed by atoms with Crippen LogP contribution < -0.4 is 5.32 Å². The third-order valence-electron chi connectivity index (χ3n) is 3.84. The second-order valence-electron chi connectivity index (χ2n) is 5.38. The van der Waals surface area contributed by atoms with Crippen molar-refractivity contribution in [3.63, 3.8) is 0 Å². The Kier molecular flexibility index (Phi) is 3.33. The Morgan fingerprint density at radius 1 is 1.44 bits per heavy atom. The van der Waals surface area contributed by atoms with Crippen molar-refractivity contribution in [2.75, 3.05) is 26.2 Å². The molecule has 90 valence electrons. The molecule has 3 nitrogen and oxygen atoms in total. The second-order valence-corrected chi connectivity index (χ2v) is 5.38. The molecule has 0 aromatic heterocycles. The van der Waals surface area contributed by atoms with E-state index < -0.39 is 0 Å². The van der Waals surface area contributed by atoms with Crippen LogP contribution in [0.15, 0.2) is 11.6 Å². The van der Waals surface area contributed by atoms with Gasteiger partial charge in [0.25, 0.3) is 0 Å². The highest BCUT2D eigenvalue weighted by Gasteiger charge is 2.37. The van der Waals surface area contributed by atoms with Crippen LogP contribution in [0.5, 0.6) is 0 Å². The Bertz CT molecular complexity index is 303. The van der Waals surface area contributed by atoms with E-state index in [1.54, 1.807) is 0 Å². The van der Waals surface area contributed by atoms with E-state index in [1.165, 1.54) is 5.57 Å². The molecule has 1 saturated heterocycles. The minimum Gasteiger partial charge on any atom is -0.338 e. The third kappa shape index (κ3) is 2.29. The summed E-state index contributed by atoms with van der Waals surface area (Å²) < 4.78 is 0. The lowest BCUT2D eigenvalue weighted by molar-refractivity contribution is -0.142. The summed E-state index contributed by atoms with van der Waals surface area (Å²) >= 11 is 0. The average molecular weight is 222 g/mol. The highest BCUT2D eigenvalue weighted by atomic mass is 16.2. The molecule has 2 aliphatic heterocycles. The number of rotatable bonds is 1. The lowest BCUT2D eigenvalue weighted by Crippen LogP contribution is -2.49. The van der Waals surface area contributed by atoms with Gasteiger partial charge in [0.05, 0.1) is 0 Å². The van der Waals surface area contributed by atoms with Crippen molar-refractivity contribution in [3.05, 3.63) is 11.6 Å². The first kappa shape index (κ1) is 11.6. The Labute approximate surface area is 97.9 Å². The maximum absolute atomic E-state index is 12.5. The van der Waals surface area contributed by atoms with E-state index in [4.69, 9.17) is 0 Å². The van der Waals surface area contributed by atoms with Gasteiger partial charge in [-0.1, -0.05) is 18.6 Å². The predicted octanol–water partition coefficient (Wildman–Crippen LogP) is 1.55. The summed E-state index contributed by atoms with van der Waals surface area (Å²) in [4.78, 5) is 14.5. The van der Waals surface area contributed by atoms with E-state index >= 15 is 0 Å². The van der Waals surface area contributed by atoms with Crippen LogP contribution in [0.25, 0.3) is 0 Å². The summed E-state index contributed by atoms with van der Waals surface area (Å²) in [6.45, 7) is 7.94. The Hall–Kier alpha value is -0.830. The SMILES string of the molecule is CC1=CCCN(C(=O)C2(C)CCNCC2)C1. The van der Waals surface area contributed by atoms with Crippen molar-refractivity contribution in [1.82, 2.24) is 10.2 Å². The van der Waals surface area contributed by atoms with Gasteiger partial charge >= 0.3 is 0 Å². The fourth-order valence-electron chi connectivity index (χ4n) is 2.66. The number of nitrogens with zero attached hydrogens (tertiary/aromatic N) is 1. The molecule has 0 atom stereocenters. The molecule has 2 aliphatic rings. The molecule has 1 N–H and O–H groups in total. The van der Waals surface area contributed by atoms with Gasteiger partial charge in [-0.2, -0.15) is 0 Å². The molecule has 0 aromatic rings. The number of hydrogen-bond acceptors (Lipinski definition) is 2. The zero-order valence-electron chi connectivity index (χ0n) is 10.4. The molecule has 1 fully saturated rings. The number of nitrogens with one attached hydrogen (secondary N) is 1. The van der Waals surface area contributed by atoms with Gasteiger partial charge in [0.2, 0.25) is 5.91 Å². The van der Waals surface area contributed by atoms with E-state index in [2.05, 4.69) is 25.2 Å². The fourth-order valence-corrected chi connectivity index (χ4v) is 2.66. The van der Waals surface area contributed by atoms with Crippen LogP contribution in [0.2, 0.25) is 0 Å². The Morgan fingerprint density at radius 3 is 2.75 bits per heavy atom. The molecule has 1 amide bonds. The van der Waals surface area contributed by atoms with Crippen molar-refractivity contribution < 1.29 is 4.79 Å². The minimum absolute atomic E-state index is 0.122. The van der Waals surface area contributed by atoms with Gasteiger partial charge in [0.1, 0.15) is 0 Å². The lowest BCUT2D eigenvalue weighted by Gasteiger charge is -2.38. The van der Waals surface area contributed by atoms with Crippen molar-refractivity contribution in [2.24, 2.45) is 5.41 Å². The molecular formula is C13H22N2O. The highest BCUT2D eigenvalue weighted by molar-refractivity contribution is 5.83. The van der Waals surface area contributed by atoms with Gasteiger partial charge in [0.15, 0.2) is 0 Å². The van der Waals surface area contributed by atoms with Crippen LogP contribution in [0.3, 0.4) is 0 Å². The van der Waals surface area contributed by atoms with Gasteiger partial charge in [0, 0.05) is 18.5 Å². The standard InChI is InChI=1S/C13H22N2O/c1-11-4-3-9-15(10-11)12(16)13(2)5-7-14-8-6-13/h4,14H,3,5-10H2,1-2H3. The van der Waals surface area contributed by atoms with Crippen molar-refractivity contribution in [2.45, 2.75) is 33.1 Å². The van der Waals surface area contributed by atoms with Crippen molar-refractivity contribution >= 4 is 5.91 Å². The molecule has 0 bridgehead atoms. The van der Waals surface area contributed by atoms with E-state index in [9.17, 15) is 4.79 Å². The molecule has 2 heterocycles. The molecule has 0 radical (unpaired) electrons. The Balaban J connectivity index is 2.03. The number of piperidine rings is 1. The van der Waals surface area contributed by atoms with E-state index in [1.807, 2.05) is 4.90 Å². The topological polar surface area (TPSA) is 32.3 Å². The molecule has 3 heteroatoms. The largest absolute Gasteiger partial charge is 0.338 e. The first-order chi connectivity index (χ1) is 7.62. The summed E-state index contributed by atoms with van der Waals surface area (Å²) in [5.74, 6) is 0.362. The van der Waals surface area contributed by atoms with Gasteiger partial charge in [-0.25, -0.2) is 0 Å². The molecular weight excluding hydrogens is 200 g/mol. The van der Waals surface area contributed by atoms with Gasteiger partial charge in [-0.3, -0.25) is 4.79 Å². The summed E-state index contributed by atoms with van der Waals surface area (Å²) in [7, 11) is 0. The number of hydrogen-bond donors (Lipinski definition) is 1. The first-order valence-electron chi connectivity index (χ1n) is 6.27. The first-order valence-corrected chi connectivity index (χ1v) is 6.27. The van der Waals surface area contributed by atoms with Gasteiger partial charge in [-0.05, 0) is 39.3 Å². The third-order valence-corrected chi connectivity index (χ3v) is 3.84. The molecule has 16 heavy (non-hydrogen) atoms. The molecule has 0 spiro atoms. The van der Waals surface area contributed by atoms with E-state index in [0.717, 1.165) is 45.4 Å². The zero-order chi connectivity index (χ0) is 11.6. The van der Waals surface area contributed by atoms with Gasteiger partial charge in [-0.15, -0.1) is 0 Å². The van der Waals surface area contributed by atoms with Crippen molar-refractivity contribution in [3.8, 4) is 0 Å². The lowest BCUT2D eigenvalue weighted by atomic mass is 9.79. The summed E-state index contributed by atoms with van der Waals surface area (Å²) in [6, 6.07) is 0. The monoisotopic (exact) mass is 222 g/mol. The zero-order valence-corrected chi connectivity index (χ0v) is 10.4. The van der Waals surface area contributed by atoms with Crippen LogP contribution in [-0.2, 0) is 4.79 Å². The quantitative estimate of drug-likeness (QED) is 0.683. The molecule has 0 saturated carbocycles. The maximum atomic E-state index is 12.5. The van der Waals surface area contributed by atoms with Crippen molar-refractivity contribution in [1.29, 1.82) is 0 Å². The molecule has 0 aliphatic carbocycles. The molecule has 0 unspecified atom stereocenters. The summed E-state index contributed by atoms with van der Waals surface area (Å²) in [5, 5.41) is 3.32. The molecule has 2 rings (SSSR count). The van der Waals surface area contributed by atoms with E-state index in [0.29, 0.717) is 5.91 Å². The maximum Gasteiger partial charge on any atom is 0.228 e. The minimum atomic E-state index is -0.122.